The van der Waals surface area contributed by atoms with E-state index in [9.17, 15) is 5.11 Å². The Hall–Kier alpha value is -1.02. The molecule has 0 spiro atoms. The summed E-state index contributed by atoms with van der Waals surface area (Å²) in [5, 5.41) is 10.2. The number of rotatable bonds is 3. The standard InChI is InChI=1S/C14H20O2/c1-14(2,3)13(15)10-5-4-6-12(9-10)16-11-7-8-11/h4-6,9,11,13,15H,7-8H2,1-3H3. The van der Waals surface area contributed by atoms with E-state index in [0.29, 0.717) is 6.10 Å². The van der Waals surface area contributed by atoms with Gasteiger partial charge in [-0.2, -0.15) is 0 Å². The zero-order valence-electron chi connectivity index (χ0n) is 10.2. The molecule has 16 heavy (non-hydrogen) atoms. The Labute approximate surface area is 97.3 Å². The lowest BCUT2D eigenvalue weighted by Gasteiger charge is -2.26. The van der Waals surface area contributed by atoms with E-state index >= 15 is 0 Å². The zero-order valence-corrected chi connectivity index (χ0v) is 10.2. The van der Waals surface area contributed by atoms with Crippen LogP contribution in [0.4, 0.5) is 0 Å². The fourth-order valence-corrected chi connectivity index (χ4v) is 1.64. The first-order chi connectivity index (χ1) is 7.47. The maximum atomic E-state index is 10.2. The highest BCUT2D eigenvalue weighted by Crippen LogP contribution is 2.35. The van der Waals surface area contributed by atoms with E-state index in [1.807, 2.05) is 45.0 Å². The van der Waals surface area contributed by atoms with Gasteiger partial charge in [-0.15, -0.1) is 0 Å². The normalized spacial score (nSPS) is 18.2. The molecule has 0 amide bonds. The van der Waals surface area contributed by atoms with Gasteiger partial charge in [0.05, 0.1) is 12.2 Å². The third kappa shape index (κ3) is 2.76. The maximum Gasteiger partial charge on any atom is 0.120 e. The summed E-state index contributed by atoms with van der Waals surface area (Å²) in [5.41, 5.74) is 0.795. The van der Waals surface area contributed by atoms with Crippen molar-refractivity contribution in [2.45, 2.75) is 45.8 Å². The molecule has 0 aliphatic heterocycles. The van der Waals surface area contributed by atoms with Crippen molar-refractivity contribution in [3.05, 3.63) is 29.8 Å². The van der Waals surface area contributed by atoms with Gasteiger partial charge in [-0.05, 0) is 36.0 Å². The smallest absolute Gasteiger partial charge is 0.120 e. The summed E-state index contributed by atoms with van der Waals surface area (Å²) in [6, 6.07) is 7.81. The molecule has 1 aliphatic rings. The van der Waals surface area contributed by atoms with Gasteiger partial charge >= 0.3 is 0 Å². The first-order valence-corrected chi connectivity index (χ1v) is 5.91. The van der Waals surface area contributed by atoms with Crippen molar-refractivity contribution in [1.82, 2.24) is 0 Å². The molecule has 1 aromatic carbocycles. The average molecular weight is 220 g/mol. The number of benzene rings is 1. The van der Waals surface area contributed by atoms with Crippen LogP contribution in [0.15, 0.2) is 24.3 Å². The first-order valence-electron chi connectivity index (χ1n) is 5.91. The van der Waals surface area contributed by atoms with Crippen LogP contribution in [0.2, 0.25) is 0 Å². The van der Waals surface area contributed by atoms with Crippen molar-refractivity contribution >= 4 is 0 Å². The van der Waals surface area contributed by atoms with Crippen LogP contribution in [0.25, 0.3) is 0 Å². The summed E-state index contributed by atoms with van der Waals surface area (Å²) in [4.78, 5) is 0. The fourth-order valence-electron chi connectivity index (χ4n) is 1.64. The molecule has 0 radical (unpaired) electrons. The van der Waals surface area contributed by atoms with E-state index in [4.69, 9.17) is 4.74 Å². The van der Waals surface area contributed by atoms with Crippen molar-refractivity contribution in [1.29, 1.82) is 0 Å². The van der Waals surface area contributed by atoms with Crippen LogP contribution in [0, 0.1) is 5.41 Å². The van der Waals surface area contributed by atoms with Gasteiger partial charge in [0.2, 0.25) is 0 Å². The third-order valence-corrected chi connectivity index (χ3v) is 2.82. The Morgan fingerprint density at radius 2 is 2.00 bits per heavy atom. The molecule has 1 aromatic rings. The molecule has 2 nitrogen and oxygen atoms in total. The van der Waals surface area contributed by atoms with Crippen LogP contribution in [0.1, 0.15) is 45.3 Å². The third-order valence-electron chi connectivity index (χ3n) is 2.82. The highest BCUT2D eigenvalue weighted by atomic mass is 16.5. The predicted octanol–water partition coefficient (Wildman–Crippen LogP) is 3.31. The zero-order chi connectivity index (χ0) is 11.8. The molecule has 1 saturated carbocycles. The van der Waals surface area contributed by atoms with Gasteiger partial charge in [0.1, 0.15) is 5.75 Å². The van der Waals surface area contributed by atoms with Gasteiger partial charge < -0.3 is 9.84 Å². The average Bonchev–Trinajstić information content (AvgIpc) is 2.99. The summed E-state index contributed by atoms with van der Waals surface area (Å²) < 4.78 is 5.72. The van der Waals surface area contributed by atoms with Gasteiger partial charge in [-0.25, -0.2) is 0 Å². The minimum Gasteiger partial charge on any atom is -0.490 e. The Kier molecular flexibility index (Phi) is 2.94. The Morgan fingerprint density at radius 3 is 2.56 bits per heavy atom. The molecular formula is C14H20O2. The molecule has 0 heterocycles. The van der Waals surface area contributed by atoms with Crippen LogP contribution in [0.3, 0.4) is 0 Å². The van der Waals surface area contributed by atoms with E-state index in [-0.39, 0.29) is 5.41 Å². The highest BCUT2D eigenvalue weighted by molar-refractivity contribution is 5.31. The summed E-state index contributed by atoms with van der Waals surface area (Å²) in [6.07, 6.45) is 2.27. The van der Waals surface area contributed by atoms with Crippen LogP contribution in [-0.4, -0.2) is 11.2 Å². The second-order valence-electron chi connectivity index (χ2n) is 5.66. The van der Waals surface area contributed by atoms with Crippen molar-refractivity contribution in [3.63, 3.8) is 0 Å². The minimum atomic E-state index is -0.449. The molecule has 1 atom stereocenters. The van der Waals surface area contributed by atoms with E-state index in [1.54, 1.807) is 0 Å². The summed E-state index contributed by atoms with van der Waals surface area (Å²) in [6.45, 7) is 6.10. The summed E-state index contributed by atoms with van der Waals surface area (Å²) in [5.74, 6) is 0.878. The molecule has 1 unspecified atom stereocenters. The number of ether oxygens (including phenoxy) is 1. The van der Waals surface area contributed by atoms with Crippen molar-refractivity contribution in [2.24, 2.45) is 5.41 Å². The van der Waals surface area contributed by atoms with Crippen molar-refractivity contribution in [2.75, 3.05) is 0 Å². The largest absolute Gasteiger partial charge is 0.490 e. The van der Waals surface area contributed by atoms with Gasteiger partial charge in [0.15, 0.2) is 0 Å². The maximum absolute atomic E-state index is 10.2. The molecule has 2 heteroatoms. The Bertz CT molecular complexity index is 361. The predicted molar refractivity (Wildman–Crippen MR) is 64.5 cm³/mol. The lowest BCUT2D eigenvalue weighted by Crippen LogP contribution is -2.17. The van der Waals surface area contributed by atoms with Crippen molar-refractivity contribution in [3.8, 4) is 5.75 Å². The second-order valence-corrected chi connectivity index (χ2v) is 5.66. The van der Waals surface area contributed by atoms with Crippen molar-refractivity contribution < 1.29 is 9.84 Å². The van der Waals surface area contributed by atoms with Crippen LogP contribution < -0.4 is 4.74 Å². The molecule has 0 aromatic heterocycles. The molecule has 1 aliphatic carbocycles. The topological polar surface area (TPSA) is 29.5 Å². The lowest BCUT2D eigenvalue weighted by atomic mass is 9.85. The van der Waals surface area contributed by atoms with Gasteiger partial charge in [-0.1, -0.05) is 32.9 Å². The van der Waals surface area contributed by atoms with Gasteiger partial charge in [0.25, 0.3) is 0 Å². The highest BCUT2D eigenvalue weighted by Gasteiger charge is 2.26. The van der Waals surface area contributed by atoms with Crippen LogP contribution >= 0.6 is 0 Å². The number of aliphatic hydroxyl groups is 1. The van der Waals surface area contributed by atoms with E-state index in [2.05, 4.69) is 0 Å². The van der Waals surface area contributed by atoms with E-state index in [0.717, 1.165) is 24.2 Å². The number of hydrogen-bond acceptors (Lipinski definition) is 2. The van der Waals surface area contributed by atoms with Gasteiger partial charge in [-0.3, -0.25) is 0 Å². The van der Waals surface area contributed by atoms with Crippen LogP contribution in [-0.2, 0) is 0 Å². The minimum absolute atomic E-state index is 0.141. The van der Waals surface area contributed by atoms with Gasteiger partial charge in [0, 0.05) is 0 Å². The Morgan fingerprint density at radius 1 is 1.31 bits per heavy atom. The quantitative estimate of drug-likeness (QED) is 0.846. The fraction of sp³-hybridized carbons (Fsp3) is 0.571. The number of hydrogen-bond donors (Lipinski definition) is 1. The molecule has 2 rings (SSSR count). The summed E-state index contributed by atoms with van der Waals surface area (Å²) >= 11 is 0. The molecule has 0 bridgehead atoms. The lowest BCUT2D eigenvalue weighted by molar-refractivity contribution is 0.0624. The molecular weight excluding hydrogens is 200 g/mol. The molecule has 88 valence electrons. The molecule has 0 saturated heterocycles. The van der Waals surface area contributed by atoms with E-state index in [1.165, 1.54) is 0 Å². The number of aliphatic hydroxyl groups excluding tert-OH is 1. The molecule has 1 N–H and O–H groups in total. The monoisotopic (exact) mass is 220 g/mol. The van der Waals surface area contributed by atoms with Crippen LogP contribution in [0.5, 0.6) is 5.75 Å². The second kappa shape index (κ2) is 4.10. The first kappa shape index (κ1) is 11.5. The van der Waals surface area contributed by atoms with E-state index < -0.39 is 6.10 Å². The molecule has 1 fully saturated rings. The SMILES string of the molecule is CC(C)(C)C(O)c1cccc(OC2CC2)c1. The summed E-state index contributed by atoms with van der Waals surface area (Å²) in [7, 11) is 0. The Balaban J connectivity index is 2.14.